The molecule has 0 radical (unpaired) electrons. The largest absolute Gasteiger partial charge is 0.258 e. The molecule has 0 unspecified atom stereocenters. The zero-order valence-electron chi connectivity index (χ0n) is 17.7. The number of hydrogen-bond acceptors (Lipinski definition) is 0. The number of nitrogens with zero attached hydrogens (tertiary/aromatic N) is 2. The zero-order valence-corrected chi connectivity index (χ0v) is 17.7. The van der Waals surface area contributed by atoms with Crippen molar-refractivity contribution in [2.45, 2.75) is 130 Å². The Kier molecular flexibility index (Phi) is 12.8. The van der Waals surface area contributed by atoms with Crippen LogP contribution in [0.1, 0.15) is 123 Å². The molecule has 0 aliphatic rings. The highest BCUT2D eigenvalue weighted by Crippen LogP contribution is 2.14. The van der Waals surface area contributed by atoms with Gasteiger partial charge in [-0.1, -0.05) is 85.5 Å². The van der Waals surface area contributed by atoms with Gasteiger partial charge in [-0.15, -0.1) is 0 Å². The molecule has 146 valence electrons. The molecular formula is C23H45N2+. The maximum absolute atomic E-state index is 2.52. The van der Waals surface area contributed by atoms with Gasteiger partial charge in [0.2, 0.25) is 0 Å². The Bertz CT molecular complexity index is 420. The highest BCUT2D eigenvalue weighted by Gasteiger charge is 2.19. The van der Waals surface area contributed by atoms with Crippen LogP contribution in [0.2, 0.25) is 0 Å². The number of rotatable bonds is 16. The molecule has 0 saturated heterocycles. The summed E-state index contributed by atoms with van der Waals surface area (Å²) >= 11 is 0. The second kappa shape index (κ2) is 14.4. The monoisotopic (exact) mass is 349 g/mol. The molecule has 0 aliphatic heterocycles. The van der Waals surface area contributed by atoms with E-state index in [2.05, 4.69) is 49.2 Å². The molecule has 0 saturated carbocycles. The quantitative estimate of drug-likeness (QED) is 0.224. The van der Waals surface area contributed by atoms with Crippen molar-refractivity contribution in [2.75, 3.05) is 0 Å². The highest BCUT2D eigenvalue weighted by atomic mass is 15.1. The molecule has 0 fully saturated rings. The van der Waals surface area contributed by atoms with Crippen LogP contribution >= 0.6 is 0 Å². The normalized spacial score (nSPS) is 11.6. The molecule has 25 heavy (non-hydrogen) atoms. The predicted octanol–water partition coefficient (Wildman–Crippen LogP) is 7.01. The maximum atomic E-state index is 2.52. The molecule has 0 aromatic carbocycles. The van der Waals surface area contributed by atoms with E-state index < -0.39 is 0 Å². The third kappa shape index (κ3) is 9.47. The Balaban J connectivity index is 2.31. The van der Waals surface area contributed by atoms with Crippen LogP contribution < -0.4 is 4.57 Å². The van der Waals surface area contributed by atoms with E-state index in [9.17, 15) is 0 Å². The highest BCUT2D eigenvalue weighted by molar-refractivity contribution is 4.89. The summed E-state index contributed by atoms with van der Waals surface area (Å²) in [7, 11) is 0. The Labute approximate surface area is 158 Å². The van der Waals surface area contributed by atoms with Crippen LogP contribution in [0.5, 0.6) is 0 Å². The Hall–Kier alpha value is -0.790. The lowest BCUT2D eigenvalue weighted by Gasteiger charge is -2.08. The van der Waals surface area contributed by atoms with E-state index in [1.807, 2.05) is 0 Å². The van der Waals surface area contributed by atoms with Gasteiger partial charge < -0.3 is 0 Å². The van der Waals surface area contributed by atoms with Gasteiger partial charge in [0.15, 0.2) is 0 Å². The summed E-state index contributed by atoms with van der Waals surface area (Å²) in [6, 6.07) is 0. The summed E-state index contributed by atoms with van der Waals surface area (Å²) in [5, 5.41) is 0. The fourth-order valence-electron chi connectivity index (χ4n) is 3.82. The lowest BCUT2D eigenvalue weighted by Crippen LogP contribution is -2.38. The lowest BCUT2D eigenvalue weighted by atomic mass is 10.1. The molecular weight excluding hydrogens is 304 g/mol. The van der Waals surface area contributed by atoms with Gasteiger partial charge in [0.05, 0.1) is 19.0 Å². The minimum atomic E-state index is 0.611. The summed E-state index contributed by atoms with van der Waals surface area (Å²) in [5.74, 6) is 2.14. The fraction of sp³-hybridized carbons (Fsp3) is 0.870. The molecule has 2 heteroatoms. The molecule has 1 heterocycles. The van der Waals surface area contributed by atoms with E-state index in [1.165, 1.54) is 102 Å². The third-order valence-corrected chi connectivity index (χ3v) is 5.29. The van der Waals surface area contributed by atoms with Crippen molar-refractivity contribution in [2.24, 2.45) is 0 Å². The average Bonchev–Trinajstić information content (AvgIpc) is 3.00. The summed E-state index contributed by atoms with van der Waals surface area (Å²) in [6.07, 6.45) is 22.7. The predicted molar refractivity (Wildman–Crippen MR) is 110 cm³/mol. The SMILES string of the molecule is CCCCCCCCCCn1cc[n+](CCCCCCC)c1C(C)C. The topological polar surface area (TPSA) is 8.81 Å². The van der Waals surface area contributed by atoms with Gasteiger partial charge in [-0.2, -0.15) is 0 Å². The van der Waals surface area contributed by atoms with Gasteiger partial charge in [-0.25, -0.2) is 9.13 Å². The van der Waals surface area contributed by atoms with Crippen molar-refractivity contribution in [3.8, 4) is 0 Å². The van der Waals surface area contributed by atoms with Crippen LogP contribution in [0.15, 0.2) is 12.4 Å². The maximum Gasteiger partial charge on any atom is 0.258 e. The number of imidazole rings is 1. The van der Waals surface area contributed by atoms with E-state index in [4.69, 9.17) is 0 Å². The number of aryl methyl sites for hydroxylation is 2. The molecule has 0 N–H and O–H groups in total. The first-order valence-corrected chi connectivity index (χ1v) is 11.3. The first kappa shape index (κ1) is 22.3. The first-order chi connectivity index (χ1) is 12.2. The number of unbranched alkanes of at least 4 members (excludes halogenated alkanes) is 11. The Morgan fingerprint density at radius 3 is 1.84 bits per heavy atom. The van der Waals surface area contributed by atoms with Crippen LogP contribution in [0.4, 0.5) is 0 Å². The van der Waals surface area contributed by atoms with Crippen LogP contribution in [0.25, 0.3) is 0 Å². The van der Waals surface area contributed by atoms with Crippen LogP contribution in [-0.2, 0) is 13.1 Å². The van der Waals surface area contributed by atoms with E-state index in [0.717, 1.165) is 0 Å². The van der Waals surface area contributed by atoms with Gasteiger partial charge in [-0.05, 0) is 25.7 Å². The molecule has 0 bridgehead atoms. The van der Waals surface area contributed by atoms with Gasteiger partial charge in [-0.3, -0.25) is 0 Å². The third-order valence-electron chi connectivity index (χ3n) is 5.29. The van der Waals surface area contributed by atoms with Crippen molar-refractivity contribution in [3.05, 3.63) is 18.2 Å². The Morgan fingerprint density at radius 1 is 0.760 bits per heavy atom. The van der Waals surface area contributed by atoms with Crippen LogP contribution in [0.3, 0.4) is 0 Å². The fourth-order valence-corrected chi connectivity index (χ4v) is 3.82. The van der Waals surface area contributed by atoms with Crippen LogP contribution in [-0.4, -0.2) is 4.57 Å². The van der Waals surface area contributed by atoms with E-state index in [1.54, 1.807) is 0 Å². The molecule has 2 nitrogen and oxygen atoms in total. The van der Waals surface area contributed by atoms with E-state index in [0.29, 0.717) is 5.92 Å². The van der Waals surface area contributed by atoms with Gasteiger partial charge >= 0.3 is 0 Å². The van der Waals surface area contributed by atoms with Crippen LogP contribution in [0, 0.1) is 0 Å². The molecule has 0 aliphatic carbocycles. The lowest BCUT2D eigenvalue weighted by molar-refractivity contribution is -0.705. The molecule has 1 aromatic rings. The molecule has 0 amide bonds. The van der Waals surface area contributed by atoms with E-state index >= 15 is 0 Å². The molecule has 1 aromatic heterocycles. The van der Waals surface area contributed by atoms with Gasteiger partial charge in [0.25, 0.3) is 5.82 Å². The van der Waals surface area contributed by atoms with Crippen molar-refractivity contribution < 1.29 is 4.57 Å². The second-order valence-electron chi connectivity index (χ2n) is 8.09. The number of hydrogen-bond donors (Lipinski definition) is 0. The van der Waals surface area contributed by atoms with Gasteiger partial charge in [0.1, 0.15) is 12.4 Å². The van der Waals surface area contributed by atoms with E-state index in [-0.39, 0.29) is 0 Å². The molecule has 0 spiro atoms. The average molecular weight is 350 g/mol. The van der Waals surface area contributed by atoms with Crippen molar-refractivity contribution >= 4 is 0 Å². The summed E-state index contributed by atoms with van der Waals surface area (Å²) < 4.78 is 5.04. The Morgan fingerprint density at radius 2 is 1.28 bits per heavy atom. The second-order valence-corrected chi connectivity index (χ2v) is 8.09. The zero-order chi connectivity index (χ0) is 18.3. The first-order valence-electron chi connectivity index (χ1n) is 11.3. The summed E-state index contributed by atoms with van der Waals surface area (Å²) in [6.45, 7) is 11.7. The van der Waals surface area contributed by atoms with Crippen molar-refractivity contribution in [1.29, 1.82) is 0 Å². The molecule has 0 atom stereocenters. The minimum Gasteiger partial charge on any atom is -0.234 e. The van der Waals surface area contributed by atoms with Gasteiger partial charge in [0, 0.05) is 0 Å². The van der Waals surface area contributed by atoms with Crippen molar-refractivity contribution in [3.63, 3.8) is 0 Å². The number of aromatic nitrogens is 2. The summed E-state index contributed by atoms with van der Waals surface area (Å²) in [5.41, 5.74) is 0. The summed E-state index contributed by atoms with van der Waals surface area (Å²) in [4.78, 5) is 0. The van der Waals surface area contributed by atoms with Crippen molar-refractivity contribution in [1.82, 2.24) is 4.57 Å². The smallest absolute Gasteiger partial charge is 0.234 e. The standard InChI is InChI=1S/C23H45N2/c1-5-7-9-11-12-13-15-17-19-25-21-20-24(23(25)22(3)4)18-16-14-10-8-6-2/h20-22H,5-19H2,1-4H3/q+1. The minimum absolute atomic E-state index is 0.611. The molecule has 1 rings (SSSR count).